The van der Waals surface area contributed by atoms with Gasteiger partial charge in [0.25, 0.3) is 0 Å². The normalized spacial score (nSPS) is 23.3. The van der Waals surface area contributed by atoms with Gasteiger partial charge < -0.3 is 10.7 Å². The van der Waals surface area contributed by atoms with Crippen molar-refractivity contribution in [2.45, 2.75) is 51.1 Å². The lowest BCUT2D eigenvalue weighted by Gasteiger charge is -2.39. The van der Waals surface area contributed by atoms with Crippen LogP contribution in [-0.2, 0) is 0 Å². The Morgan fingerprint density at radius 1 is 1.09 bits per heavy atom. The maximum atomic E-state index is 14.7. The van der Waals surface area contributed by atoms with Crippen molar-refractivity contribution in [1.29, 1.82) is 0 Å². The molecular weight excluding hydrogens is 461 g/mol. The lowest BCUT2D eigenvalue weighted by molar-refractivity contribution is 0.0446. The van der Waals surface area contributed by atoms with Gasteiger partial charge in [0.15, 0.2) is 0 Å². The summed E-state index contributed by atoms with van der Waals surface area (Å²) >= 11 is 6.21. The molecule has 0 spiro atoms. The predicted molar refractivity (Wildman–Crippen MR) is 141 cm³/mol. The highest BCUT2D eigenvalue weighted by Gasteiger charge is 2.34. The van der Waals surface area contributed by atoms with Crippen LogP contribution < -0.4 is 10.7 Å². The Morgan fingerprint density at radius 3 is 2.69 bits per heavy atom. The molecule has 6 rings (SSSR count). The van der Waals surface area contributed by atoms with E-state index in [2.05, 4.69) is 51.9 Å². The zero-order valence-corrected chi connectivity index (χ0v) is 21.2. The van der Waals surface area contributed by atoms with Crippen molar-refractivity contribution in [3.8, 4) is 0 Å². The lowest BCUT2D eigenvalue weighted by atomic mass is 9.88. The quantitative estimate of drug-likeness (QED) is 0.543. The van der Waals surface area contributed by atoms with Crippen LogP contribution in [0.15, 0.2) is 48.2 Å². The first kappa shape index (κ1) is 22.9. The minimum Gasteiger partial charge on any atom is -0.376 e. The number of hydrogen-bond acceptors (Lipinski definition) is 5. The summed E-state index contributed by atoms with van der Waals surface area (Å²) in [5, 5.41) is 8.35. The van der Waals surface area contributed by atoms with Crippen LogP contribution in [0.5, 0.6) is 0 Å². The lowest BCUT2D eigenvalue weighted by Crippen LogP contribution is -2.42. The molecule has 2 N–H and O–H groups in total. The maximum Gasteiger partial charge on any atom is 0.146 e. The third-order valence-electron chi connectivity index (χ3n) is 8.08. The standard InChI is InChI=1S/C28H33ClFN5/c1-18-28-23-8-6-20(19-10-13-34(14-11-19)22-4-3-5-22)16-24(23)26(12-15-35(28)33(2)32-18)31-27-17-21(29)7-9-25(27)30/h6-10,16-17,22,26,31-32H,3-5,11-15H2,1-2H3. The molecule has 0 amide bonds. The molecule has 0 radical (unpaired) electrons. The number of anilines is 1. The molecule has 0 bridgehead atoms. The Balaban J connectivity index is 1.37. The van der Waals surface area contributed by atoms with Crippen molar-refractivity contribution in [3.05, 3.63) is 75.7 Å². The van der Waals surface area contributed by atoms with Gasteiger partial charge in [-0.2, -0.15) is 0 Å². The number of fused-ring (bicyclic) bond motifs is 3. The Labute approximate surface area is 212 Å². The summed E-state index contributed by atoms with van der Waals surface area (Å²) in [4.78, 5) is 2.63. The molecule has 35 heavy (non-hydrogen) atoms. The van der Waals surface area contributed by atoms with Gasteiger partial charge >= 0.3 is 0 Å². The van der Waals surface area contributed by atoms with E-state index in [4.69, 9.17) is 11.6 Å². The Morgan fingerprint density at radius 2 is 1.94 bits per heavy atom. The molecular formula is C28H33ClFN5. The van der Waals surface area contributed by atoms with Crippen molar-refractivity contribution in [1.82, 2.24) is 20.5 Å². The van der Waals surface area contributed by atoms with Crippen molar-refractivity contribution < 1.29 is 4.39 Å². The maximum absolute atomic E-state index is 14.7. The van der Waals surface area contributed by atoms with Crippen LogP contribution in [0.3, 0.4) is 0 Å². The first-order valence-corrected chi connectivity index (χ1v) is 13.1. The summed E-state index contributed by atoms with van der Waals surface area (Å²) in [6.07, 6.45) is 8.40. The molecule has 1 saturated carbocycles. The number of nitrogens with one attached hydrogen (secondary N) is 2. The van der Waals surface area contributed by atoms with Gasteiger partial charge in [-0.25, -0.2) is 4.39 Å². The number of allylic oxidation sites excluding steroid dienone is 1. The Hall–Kier alpha value is -2.54. The van der Waals surface area contributed by atoms with Crippen LogP contribution in [0.1, 0.15) is 61.8 Å². The van der Waals surface area contributed by atoms with E-state index in [0.29, 0.717) is 10.7 Å². The third-order valence-corrected chi connectivity index (χ3v) is 8.31. The smallest absolute Gasteiger partial charge is 0.146 e. The van der Waals surface area contributed by atoms with Crippen molar-refractivity contribution in [3.63, 3.8) is 0 Å². The number of nitrogens with zero attached hydrogens (tertiary/aromatic N) is 3. The summed E-state index contributed by atoms with van der Waals surface area (Å²) in [6.45, 7) is 5.11. The van der Waals surface area contributed by atoms with Crippen LogP contribution in [0.25, 0.3) is 11.3 Å². The fourth-order valence-corrected chi connectivity index (χ4v) is 6.12. The van der Waals surface area contributed by atoms with E-state index in [1.807, 2.05) is 12.2 Å². The highest BCUT2D eigenvalue weighted by atomic mass is 35.5. The molecule has 0 aromatic heterocycles. The molecule has 0 saturated heterocycles. The Kier molecular flexibility index (Phi) is 5.99. The van der Waals surface area contributed by atoms with Crippen molar-refractivity contribution in [2.24, 2.45) is 0 Å². The van der Waals surface area contributed by atoms with Crippen LogP contribution in [-0.4, -0.2) is 47.8 Å². The van der Waals surface area contributed by atoms with E-state index >= 15 is 0 Å². The Bertz CT molecular complexity index is 1200. The first-order valence-electron chi connectivity index (χ1n) is 12.8. The number of rotatable bonds is 4. The number of benzene rings is 2. The first-order chi connectivity index (χ1) is 17.0. The molecule has 1 atom stereocenters. The van der Waals surface area contributed by atoms with E-state index in [1.54, 1.807) is 12.1 Å². The average Bonchev–Trinajstić information content (AvgIpc) is 3.00. The van der Waals surface area contributed by atoms with Gasteiger partial charge in [-0.05, 0) is 73.6 Å². The number of halogens is 2. The monoisotopic (exact) mass is 493 g/mol. The largest absolute Gasteiger partial charge is 0.376 e. The van der Waals surface area contributed by atoms with Gasteiger partial charge in [0.1, 0.15) is 5.82 Å². The molecule has 1 fully saturated rings. The molecule has 1 unspecified atom stereocenters. The molecule has 5 nitrogen and oxygen atoms in total. The molecule has 1 aliphatic carbocycles. The number of hydrogen-bond donors (Lipinski definition) is 2. The second-order valence-electron chi connectivity index (χ2n) is 10.2. The summed E-state index contributed by atoms with van der Waals surface area (Å²) < 4.78 is 14.7. The van der Waals surface area contributed by atoms with E-state index in [0.717, 1.165) is 44.2 Å². The topological polar surface area (TPSA) is 33.8 Å². The summed E-state index contributed by atoms with van der Waals surface area (Å²) in [7, 11) is 2.04. The van der Waals surface area contributed by atoms with Crippen molar-refractivity contribution >= 4 is 28.6 Å². The molecule has 184 valence electrons. The second kappa shape index (κ2) is 9.16. The molecule has 7 heteroatoms. The summed E-state index contributed by atoms with van der Waals surface area (Å²) in [5.41, 5.74) is 11.3. The highest BCUT2D eigenvalue weighted by Crippen LogP contribution is 2.41. The van der Waals surface area contributed by atoms with Crippen LogP contribution in [0.2, 0.25) is 5.02 Å². The minimum absolute atomic E-state index is 0.0344. The van der Waals surface area contributed by atoms with Gasteiger partial charge in [0.2, 0.25) is 0 Å². The molecule has 2 aromatic rings. The summed E-state index contributed by atoms with van der Waals surface area (Å²) in [6, 6.07) is 12.3. The van der Waals surface area contributed by atoms with Crippen LogP contribution in [0.4, 0.5) is 10.1 Å². The van der Waals surface area contributed by atoms with Crippen molar-refractivity contribution in [2.75, 3.05) is 32.0 Å². The molecule has 3 heterocycles. The highest BCUT2D eigenvalue weighted by molar-refractivity contribution is 6.30. The van der Waals surface area contributed by atoms with E-state index in [9.17, 15) is 4.39 Å². The molecule has 3 aliphatic heterocycles. The molecule has 4 aliphatic rings. The van der Waals surface area contributed by atoms with E-state index < -0.39 is 0 Å². The molecule has 2 aromatic carbocycles. The van der Waals surface area contributed by atoms with Crippen LogP contribution in [0, 0.1) is 5.82 Å². The van der Waals surface area contributed by atoms with Gasteiger partial charge in [-0.15, -0.1) is 5.12 Å². The summed E-state index contributed by atoms with van der Waals surface area (Å²) in [5.74, 6) is -0.280. The zero-order valence-electron chi connectivity index (χ0n) is 20.5. The van der Waals surface area contributed by atoms with Crippen LogP contribution >= 0.6 is 11.6 Å². The van der Waals surface area contributed by atoms with E-state index in [-0.39, 0.29) is 11.9 Å². The van der Waals surface area contributed by atoms with Gasteiger partial charge in [-0.3, -0.25) is 9.91 Å². The van der Waals surface area contributed by atoms with E-state index in [1.165, 1.54) is 53.3 Å². The number of hydrazine groups is 2. The SMILES string of the molecule is CC1=C2c3ccc(C4=CCN(C5CCC5)CC4)cc3C(Nc3cc(Cl)ccc3F)CCN2N(C)N1. The second-order valence-corrected chi connectivity index (χ2v) is 10.6. The zero-order chi connectivity index (χ0) is 24.1. The minimum atomic E-state index is -0.280. The predicted octanol–water partition coefficient (Wildman–Crippen LogP) is 6.03. The van der Waals surface area contributed by atoms with Gasteiger partial charge in [0.05, 0.1) is 23.1 Å². The van der Waals surface area contributed by atoms with Gasteiger partial charge in [0, 0.05) is 43.3 Å². The fraction of sp³-hybridized carbons (Fsp3) is 0.429. The fourth-order valence-electron chi connectivity index (χ4n) is 5.95. The average molecular weight is 494 g/mol. The van der Waals surface area contributed by atoms with Gasteiger partial charge in [-0.1, -0.05) is 36.2 Å². The third kappa shape index (κ3) is 4.22.